The Morgan fingerprint density at radius 2 is 2.04 bits per heavy atom. The number of benzene rings is 1. The molecule has 0 amide bonds. The summed E-state index contributed by atoms with van der Waals surface area (Å²) in [5, 5.41) is 27.0. The quantitative estimate of drug-likeness (QED) is 0.895. The summed E-state index contributed by atoms with van der Waals surface area (Å²) in [4.78, 5) is 2.18. The third kappa shape index (κ3) is 3.62. The van der Waals surface area contributed by atoms with E-state index in [4.69, 9.17) is 0 Å². The first-order valence-corrected chi connectivity index (χ1v) is 8.69. The molecule has 1 fully saturated rings. The van der Waals surface area contributed by atoms with Crippen molar-refractivity contribution in [3.8, 4) is 6.07 Å². The lowest BCUT2D eigenvalue weighted by molar-refractivity contribution is 0.145. The number of hydrogen-bond acceptors (Lipinski definition) is 5. The van der Waals surface area contributed by atoms with Gasteiger partial charge in [-0.1, -0.05) is 0 Å². The van der Waals surface area contributed by atoms with Crippen LogP contribution < -0.4 is 10.2 Å². The lowest BCUT2D eigenvalue weighted by atomic mass is 10.0. The van der Waals surface area contributed by atoms with Crippen molar-refractivity contribution in [2.24, 2.45) is 7.05 Å². The van der Waals surface area contributed by atoms with E-state index in [1.807, 2.05) is 36.9 Å². The number of aliphatic hydroxyl groups excluding tert-OH is 1. The molecule has 0 aliphatic carbocycles. The third-order valence-electron chi connectivity index (χ3n) is 5.05. The average Bonchev–Trinajstić information content (AvgIpc) is 2.86. The summed E-state index contributed by atoms with van der Waals surface area (Å²) < 4.78 is 1.89. The van der Waals surface area contributed by atoms with Crippen LogP contribution in [-0.2, 0) is 13.6 Å². The van der Waals surface area contributed by atoms with E-state index in [9.17, 15) is 10.4 Å². The van der Waals surface area contributed by atoms with Crippen molar-refractivity contribution in [1.82, 2.24) is 9.78 Å². The topological polar surface area (TPSA) is 77.1 Å². The molecule has 1 aliphatic heterocycles. The molecule has 0 spiro atoms. The van der Waals surface area contributed by atoms with Gasteiger partial charge >= 0.3 is 0 Å². The molecule has 1 saturated heterocycles. The van der Waals surface area contributed by atoms with Gasteiger partial charge in [0, 0.05) is 43.6 Å². The van der Waals surface area contributed by atoms with Gasteiger partial charge in [-0.05, 0) is 44.9 Å². The number of nitriles is 1. The Balaban J connectivity index is 1.74. The molecule has 25 heavy (non-hydrogen) atoms. The molecule has 3 rings (SSSR count). The molecule has 2 aromatic rings. The molecule has 6 nitrogen and oxygen atoms in total. The molecular weight excluding hydrogens is 314 g/mol. The minimum Gasteiger partial charge on any atom is -0.393 e. The monoisotopic (exact) mass is 339 g/mol. The van der Waals surface area contributed by atoms with Gasteiger partial charge in [0.25, 0.3) is 0 Å². The first kappa shape index (κ1) is 17.3. The molecule has 1 aromatic heterocycles. The lowest BCUT2D eigenvalue weighted by Crippen LogP contribution is -2.36. The van der Waals surface area contributed by atoms with Crippen LogP contribution in [0.1, 0.15) is 35.4 Å². The van der Waals surface area contributed by atoms with Gasteiger partial charge in [0.1, 0.15) is 6.07 Å². The number of hydrogen-bond donors (Lipinski definition) is 2. The molecule has 0 saturated carbocycles. The van der Waals surface area contributed by atoms with Crippen LogP contribution in [0.5, 0.6) is 0 Å². The fourth-order valence-corrected chi connectivity index (χ4v) is 3.38. The highest BCUT2D eigenvalue weighted by molar-refractivity contribution is 5.65. The Morgan fingerprint density at radius 3 is 2.64 bits per heavy atom. The predicted octanol–water partition coefficient (Wildman–Crippen LogP) is 2.48. The van der Waals surface area contributed by atoms with Crippen LogP contribution in [0, 0.1) is 25.2 Å². The van der Waals surface area contributed by atoms with Gasteiger partial charge in [-0.2, -0.15) is 10.4 Å². The summed E-state index contributed by atoms with van der Waals surface area (Å²) in [6.07, 6.45) is 1.29. The maximum atomic E-state index is 9.66. The van der Waals surface area contributed by atoms with Crippen molar-refractivity contribution in [1.29, 1.82) is 5.26 Å². The van der Waals surface area contributed by atoms with Crippen LogP contribution in [0.25, 0.3) is 0 Å². The van der Waals surface area contributed by atoms with Crippen molar-refractivity contribution < 1.29 is 5.11 Å². The van der Waals surface area contributed by atoms with Crippen molar-refractivity contribution in [2.45, 2.75) is 39.3 Å². The van der Waals surface area contributed by atoms with Gasteiger partial charge in [-0.15, -0.1) is 0 Å². The Kier molecular flexibility index (Phi) is 4.95. The van der Waals surface area contributed by atoms with Gasteiger partial charge in [0.2, 0.25) is 0 Å². The molecule has 0 radical (unpaired) electrons. The van der Waals surface area contributed by atoms with Gasteiger partial charge in [0.15, 0.2) is 0 Å². The molecular formula is C19H25N5O. The number of aromatic nitrogens is 2. The van der Waals surface area contributed by atoms with E-state index in [2.05, 4.69) is 28.3 Å². The van der Waals surface area contributed by atoms with Crippen LogP contribution in [0.15, 0.2) is 18.2 Å². The number of piperidine rings is 1. The van der Waals surface area contributed by atoms with Crippen LogP contribution in [0.2, 0.25) is 0 Å². The maximum absolute atomic E-state index is 9.66. The highest BCUT2D eigenvalue weighted by atomic mass is 16.3. The lowest BCUT2D eigenvalue weighted by Gasteiger charge is -2.32. The zero-order chi connectivity index (χ0) is 18.0. The van der Waals surface area contributed by atoms with Crippen LogP contribution in [-0.4, -0.2) is 34.1 Å². The van der Waals surface area contributed by atoms with Crippen LogP contribution in [0.4, 0.5) is 11.4 Å². The number of anilines is 2. The normalized spacial score (nSPS) is 15.2. The molecule has 132 valence electrons. The highest BCUT2D eigenvalue weighted by Gasteiger charge is 2.19. The number of rotatable bonds is 4. The number of nitrogens with zero attached hydrogens (tertiary/aromatic N) is 4. The molecule has 2 N–H and O–H groups in total. The predicted molar refractivity (Wildman–Crippen MR) is 98.6 cm³/mol. The Hall–Kier alpha value is -2.52. The van der Waals surface area contributed by atoms with Gasteiger partial charge in [-0.3, -0.25) is 4.68 Å². The van der Waals surface area contributed by atoms with Crippen molar-refractivity contribution in [3.63, 3.8) is 0 Å². The van der Waals surface area contributed by atoms with E-state index in [1.165, 1.54) is 5.56 Å². The van der Waals surface area contributed by atoms with E-state index < -0.39 is 0 Å². The first-order valence-electron chi connectivity index (χ1n) is 8.69. The molecule has 2 heterocycles. The zero-order valence-electron chi connectivity index (χ0n) is 15.1. The molecule has 1 aromatic carbocycles. The van der Waals surface area contributed by atoms with E-state index in [0.29, 0.717) is 12.1 Å². The Labute approximate surface area is 148 Å². The number of nitrogens with one attached hydrogen (secondary N) is 1. The zero-order valence-corrected chi connectivity index (χ0v) is 15.1. The number of aliphatic hydroxyl groups is 1. The fourth-order valence-electron chi connectivity index (χ4n) is 3.38. The van der Waals surface area contributed by atoms with E-state index >= 15 is 0 Å². The molecule has 0 bridgehead atoms. The van der Waals surface area contributed by atoms with Gasteiger partial charge < -0.3 is 15.3 Å². The summed E-state index contributed by atoms with van der Waals surface area (Å²) in [5.74, 6) is 0. The summed E-state index contributed by atoms with van der Waals surface area (Å²) in [6.45, 7) is 6.34. The Morgan fingerprint density at radius 1 is 1.32 bits per heavy atom. The smallest absolute Gasteiger partial charge is 0.101 e. The summed E-state index contributed by atoms with van der Waals surface area (Å²) >= 11 is 0. The maximum Gasteiger partial charge on any atom is 0.101 e. The number of aryl methyl sites for hydroxylation is 2. The van der Waals surface area contributed by atoms with Crippen molar-refractivity contribution in [3.05, 3.63) is 40.7 Å². The first-order chi connectivity index (χ1) is 12.0. The molecule has 1 aliphatic rings. The molecule has 0 unspecified atom stereocenters. The largest absolute Gasteiger partial charge is 0.393 e. The van der Waals surface area contributed by atoms with Gasteiger partial charge in [0.05, 0.1) is 23.0 Å². The van der Waals surface area contributed by atoms with Gasteiger partial charge in [-0.25, -0.2) is 0 Å². The fraction of sp³-hybridized carbons (Fsp3) is 0.474. The second kappa shape index (κ2) is 7.16. The van der Waals surface area contributed by atoms with E-state index in [0.717, 1.165) is 48.7 Å². The van der Waals surface area contributed by atoms with Crippen LogP contribution in [0.3, 0.4) is 0 Å². The van der Waals surface area contributed by atoms with Crippen molar-refractivity contribution >= 4 is 11.4 Å². The minimum absolute atomic E-state index is 0.214. The summed E-state index contributed by atoms with van der Waals surface area (Å²) in [5.41, 5.74) is 5.91. The average molecular weight is 339 g/mol. The van der Waals surface area contributed by atoms with Crippen molar-refractivity contribution in [2.75, 3.05) is 23.3 Å². The van der Waals surface area contributed by atoms with E-state index in [1.54, 1.807) is 0 Å². The summed E-state index contributed by atoms with van der Waals surface area (Å²) in [6, 6.07) is 8.23. The third-order valence-corrected chi connectivity index (χ3v) is 5.05. The highest BCUT2D eigenvalue weighted by Crippen LogP contribution is 2.27. The SMILES string of the molecule is Cc1nn(C)c(C)c1CNc1ccc(N2CCC(O)CC2)c(C#N)c1. The summed E-state index contributed by atoms with van der Waals surface area (Å²) in [7, 11) is 1.95. The van der Waals surface area contributed by atoms with Crippen LogP contribution >= 0.6 is 0 Å². The standard InChI is InChI=1S/C19H25N5O/c1-13-18(14(2)23(3)22-13)12-21-16-4-5-19(15(10-16)11-20)24-8-6-17(25)7-9-24/h4-5,10,17,21,25H,6-9,12H2,1-3H3. The molecule has 0 atom stereocenters. The second-order valence-electron chi connectivity index (χ2n) is 6.69. The van der Waals surface area contributed by atoms with E-state index in [-0.39, 0.29) is 6.10 Å². The minimum atomic E-state index is -0.214. The molecule has 6 heteroatoms. The second-order valence-corrected chi connectivity index (χ2v) is 6.69. The Bertz CT molecular complexity index is 797.